The molecule has 0 aliphatic carbocycles. The van der Waals surface area contributed by atoms with E-state index in [-0.39, 0.29) is 5.91 Å². The second-order valence-corrected chi connectivity index (χ2v) is 5.93. The number of amides is 1. The Morgan fingerprint density at radius 3 is 2.56 bits per heavy atom. The van der Waals surface area contributed by atoms with Gasteiger partial charge in [-0.15, -0.1) is 0 Å². The summed E-state index contributed by atoms with van der Waals surface area (Å²) in [5, 5.41) is 7.47. The maximum atomic E-state index is 12.0. The number of carbonyl (C=O) groups is 1. The van der Waals surface area contributed by atoms with Crippen molar-refractivity contribution in [3.8, 4) is 17.1 Å². The third-order valence-corrected chi connectivity index (χ3v) is 3.93. The molecule has 25 heavy (non-hydrogen) atoms. The van der Waals surface area contributed by atoms with Crippen molar-refractivity contribution in [2.45, 2.75) is 13.0 Å². The Balaban J connectivity index is 1.54. The minimum Gasteiger partial charge on any atom is -0.497 e. The zero-order chi connectivity index (χ0) is 17.6. The van der Waals surface area contributed by atoms with Gasteiger partial charge in [-0.05, 0) is 42.0 Å². The number of carbonyl (C=O) groups excluding carboxylic acids is 1. The van der Waals surface area contributed by atoms with Crippen molar-refractivity contribution in [3.63, 3.8) is 0 Å². The van der Waals surface area contributed by atoms with Crippen molar-refractivity contribution in [2.75, 3.05) is 7.11 Å². The minimum absolute atomic E-state index is 0.0822. The van der Waals surface area contributed by atoms with Gasteiger partial charge in [-0.25, -0.2) is 0 Å². The monoisotopic (exact) mass is 356 g/mol. The molecule has 0 saturated heterocycles. The summed E-state index contributed by atoms with van der Waals surface area (Å²) < 4.78 is 10.4. The molecule has 2 aromatic carbocycles. The van der Waals surface area contributed by atoms with Crippen LogP contribution in [0.5, 0.6) is 5.75 Å². The van der Waals surface area contributed by atoms with E-state index in [9.17, 15) is 4.79 Å². The topological polar surface area (TPSA) is 64.4 Å². The minimum atomic E-state index is -0.0822. The molecule has 0 fully saturated rings. The van der Waals surface area contributed by atoms with Gasteiger partial charge >= 0.3 is 0 Å². The Kier molecular flexibility index (Phi) is 5.36. The van der Waals surface area contributed by atoms with Gasteiger partial charge in [0.05, 0.1) is 20.1 Å². The van der Waals surface area contributed by atoms with Gasteiger partial charge in [0.25, 0.3) is 0 Å². The summed E-state index contributed by atoms with van der Waals surface area (Å²) in [5.74, 6) is 1.32. The Morgan fingerprint density at radius 2 is 1.88 bits per heavy atom. The highest BCUT2D eigenvalue weighted by atomic mass is 35.5. The van der Waals surface area contributed by atoms with Crippen LogP contribution < -0.4 is 10.1 Å². The number of halogens is 1. The Hall–Kier alpha value is -2.79. The lowest BCUT2D eigenvalue weighted by Gasteiger charge is -2.04. The molecule has 5 nitrogen and oxygen atoms in total. The zero-order valence-corrected chi connectivity index (χ0v) is 14.4. The van der Waals surface area contributed by atoms with Crippen molar-refractivity contribution >= 4 is 17.5 Å². The third kappa shape index (κ3) is 4.61. The van der Waals surface area contributed by atoms with Crippen molar-refractivity contribution in [1.29, 1.82) is 0 Å². The number of hydrogen-bond donors (Lipinski definition) is 1. The average Bonchev–Trinajstić information content (AvgIpc) is 3.10. The molecule has 0 aliphatic rings. The molecule has 1 heterocycles. The second kappa shape index (κ2) is 7.85. The van der Waals surface area contributed by atoms with Crippen LogP contribution >= 0.6 is 11.6 Å². The normalized spacial score (nSPS) is 10.5. The number of aromatic nitrogens is 1. The Labute approximate surface area is 150 Å². The predicted octanol–water partition coefficient (Wildman–Crippen LogP) is 3.86. The molecule has 1 amide bonds. The lowest BCUT2D eigenvalue weighted by atomic mass is 10.1. The fraction of sp³-hybridized carbons (Fsp3) is 0.158. The molecule has 1 aromatic heterocycles. The molecule has 0 unspecified atom stereocenters. The van der Waals surface area contributed by atoms with E-state index in [0.717, 1.165) is 16.9 Å². The van der Waals surface area contributed by atoms with E-state index < -0.39 is 0 Å². The van der Waals surface area contributed by atoms with Gasteiger partial charge in [0.15, 0.2) is 5.76 Å². The summed E-state index contributed by atoms with van der Waals surface area (Å²) in [6, 6.07) is 16.5. The van der Waals surface area contributed by atoms with Crippen LogP contribution in [-0.4, -0.2) is 18.2 Å². The summed E-state index contributed by atoms with van der Waals surface area (Å²) in [5.41, 5.74) is 2.46. The predicted molar refractivity (Wildman–Crippen MR) is 95.5 cm³/mol. The second-order valence-electron chi connectivity index (χ2n) is 5.49. The number of rotatable bonds is 6. The first kappa shape index (κ1) is 17.0. The SMILES string of the molecule is COc1ccc(CC(=O)NCc2cc(-c3ccc(Cl)cc3)on2)cc1. The Bertz CT molecular complexity index is 842. The van der Waals surface area contributed by atoms with Crippen LogP contribution in [0, 0.1) is 0 Å². The largest absolute Gasteiger partial charge is 0.497 e. The smallest absolute Gasteiger partial charge is 0.224 e. The fourth-order valence-electron chi connectivity index (χ4n) is 2.33. The summed E-state index contributed by atoms with van der Waals surface area (Å²) in [4.78, 5) is 12.0. The van der Waals surface area contributed by atoms with Crippen LogP contribution in [-0.2, 0) is 17.8 Å². The maximum Gasteiger partial charge on any atom is 0.224 e. The molecule has 128 valence electrons. The first-order valence-electron chi connectivity index (χ1n) is 7.75. The molecule has 0 bridgehead atoms. The fourth-order valence-corrected chi connectivity index (χ4v) is 2.45. The molecule has 1 N–H and O–H groups in total. The van der Waals surface area contributed by atoms with E-state index in [1.807, 2.05) is 36.4 Å². The van der Waals surface area contributed by atoms with Crippen molar-refractivity contribution in [3.05, 3.63) is 70.9 Å². The molecule has 3 rings (SSSR count). The first-order valence-corrected chi connectivity index (χ1v) is 8.13. The lowest BCUT2D eigenvalue weighted by molar-refractivity contribution is -0.120. The van der Waals surface area contributed by atoms with Crippen LogP contribution in [0.25, 0.3) is 11.3 Å². The van der Waals surface area contributed by atoms with Crippen molar-refractivity contribution in [2.24, 2.45) is 0 Å². The number of ether oxygens (including phenoxy) is 1. The zero-order valence-electron chi connectivity index (χ0n) is 13.7. The van der Waals surface area contributed by atoms with Crippen LogP contribution in [0.1, 0.15) is 11.3 Å². The summed E-state index contributed by atoms with van der Waals surface area (Å²) >= 11 is 5.87. The van der Waals surface area contributed by atoms with E-state index >= 15 is 0 Å². The van der Waals surface area contributed by atoms with Crippen LogP contribution in [0.4, 0.5) is 0 Å². The molecule has 3 aromatic rings. The van der Waals surface area contributed by atoms with Gasteiger partial charge in [-0.1, -0.05) is 28.9 Å². The highest BCUT2D eigenvalue weighted by Crippen LogP contribution is 2.22. The Morgan fingerprint density at radius 1 is 1.16 bits per heavy atom. The summed E-state index contributed by atoms with van der Waals surface area (Å²) in [6.07, 6.45) is 0.298. The standard InChI is InChI=1S/C19H17ClN2O3/c1-24-17-8-2-13(3-9-17)10-19(23)21-12-16-11-18(25-22-16)14-4-6-15(20)7-5-14/h2-9,11H,10,12H2,1H3,(H,21,23). The van der Waals surface area contributed by atoms with E-state index in [0.29, 0.717) is 29.4 Å². The van der Waals surface area contributed by atoms with Gasteiger partial charge in [0.1, 0.15) is 11.4 Å². The van der Waals surface area contributed by atoms with E-state index in [2.05, 4.69) is 10.5 Å². The molecule has 6 heteroatoms. The molecule has 0 radical (unpaired) electrons. The van der Waals surface area contributed by atoms with Gasteiger partial charge in [-0.3, -0.25) is 4.79 Å². The van der Waals surface area contributed by atoms with E-state index in [1.54, 1.807) is 25.3 Å². The van der Waals surface area contributed by atoms with Crippen molar-refractivity contribution < 1.29 is 14.1 Å². The number of benzene rings is 2. The van der Waals surface area contributed by atoms with Crippen LogP contribution in [0.3, 0.4) is 0 Å². The highest BCUT2D eigenvalue weighted by Gasteiger charge is 2.09. The molecule has 0 spiro atoms. The molecule has 0 aliphatic heterocycles. The molecular weight excluding hydrogens is 340 g/mol. The number of hydrogen-bond acceptors (Lipinski definition) is 4. The van der Waals surface area contributed by atoms with Gasteiger partial charge in [0, 0.05) is 16.7 Å². The lowest BCUT2D eigenvalue weighted by Crippen LogP contribution is -2.24. The summed E-state index contributed by atoms with van der Waals surface area (Å²) in [6.45, 7) is 0.312. The summed E-state index contributed by atoms with van der Waals surface area (Å²) in [7, 11) is 1.61. The van der Waals surface area contributed by atoms with Crippen LogP contribution in [0.2, 0.25) is 5.02 Å². The number of nitrogens with one attached hydrogen (secondary N) is 1. The maximum absolute atomic E-state index is 12.0. The van der Waals surface area contributed by atoms with Gasteiger partial charge in [-0.2, -0.15) is 0 Å². The molecule has 0 saturated carbocycles. The van der Waals surface area contributed by atoms with Gasteiger partial charge < -0.3 is 14.6 Å². The number of methoxy groups -OCH3 is 1. The van der Waals surface area contributed by atoms with Crippen LogP contribution in [0.15, 0.2) is 59.1 Å². The van der Waals surface area contributed by atoms with Crippen molar-refractivity contribution in [1.82, 2.24) is 10.5 Å². The van der Waals surface area contributed by atoms with E-state index in [1.165, 1.54) is 0 Å². The quantitative estimate of drug-likeness (QED) is 0.728. The third-order valence-electron chi connectivity index (χ3n) is 3.68. The molecule has 0 atom stereocenters. The molecular formula is C19H17ClN2O3. The average molecular weight is 357 g/mol. The first-order chi connectivity index (χ1) is 12.1. The van der Waals surface area contributed by atoms with E-state index in [4.69, 9.17) is 20.9 Å². The van der Waals surface area contributed by atoms with Gasteiger partial charge in [0.2, 0.25) is 5.91 Å². The highest BCUT2D eigenvalue weighted by molar-refractivity contribution is 6.30. The number of nitrogens with zero attached hydrogens (tertiary/aromatic N) is 1.